The van der Waals surface area contributed by atoms with Gasteiger partial charge in [-0.05, 0) is 177 Å². The van der Waals surface area contributed by atoms with Crippen molar-refractivity contribution in [3.8, 4) is 44.5 Å². The Bertz CT molecular complexity index is 6540. The molecule has 0 amide bonds. The fraction of sp³-hybridized carbons (Fsp3) is 0.313. The first kappa shape index (κ1) is 104. The highest BCUT2D eigenvalue weighted by Crippen LogP contribution is 2.59. The van der Waals surface area contributed by atoms with Crippen molar-refractivity contribution >= 4 is 75.8 Å². The summed E-state index contributed by atoms with van der Waals surface area (Å²) in [6.45, 7) is 19.4. The van der Waals surface area contributed by atoms with Crippen LogP contribution in [0.4, 0.5) is 26.3 Å². The number of Topliss-reactive ketones (excluding diaryl/α,β-unsaturated/α-hetero) is 4. The number of alkyl halides is 6. The molecular weight excluding hydrogens is 1780 g/mol. The van der Waals surface area contributed by atoms with Gasteiger partial charge in [0.25, 0.3) is 0 Å². The Hall–Kier alpha value is -14.3. The third kappa shape index (κ3) is 23.1. The molecule has 15 rings (SSSR count). The van der Waals surface area contributed by atoms with E-state index in [2.05, 4.69) is 102 Å². The molecule has 0 saturated heterocycles. The number of carbonyl (C=O) groups excluding carboxylic acids is 9. The zero-order valence-corrected chi connectivity index (χ0v) is 80.2. The molecule has 4 aliphatic carbocycles. The number of hydrogen-bond acceptors (Lipinski definition) is 18. The van der Waals surface area contributed by atoms with E-state index in [1.165, 1.54) is 68.2 Å². The zero-order chi connectivity index (χ0) is 100. The van der Waals surface area contributed by atoms with E-state index >= 15 is 0 Å². The van der Waals surface area contributed by atoms with Gasteiger partial charge in [-0.2, -0.15) is 26.3 Å². The minimum atomic E-state index is -4.30. The lowest BCUT2D eigenvalue weighted by atomic mass is 9.71. The average molecular weight is 1890 g/mol. The SMILES string of the molecule is CCCC1(CCC(F)(F)F)c2ccccc2-c2ccc(C(=O)/C(=N/OC(C)=O)c3ccccc3)cc21.CCCC1(CCC(F)(F)F)c2ccccc2-c2ccc(C(=O)/C(=N/OC(C)=O)c3ccccc3C)cc21.CCCC1(CCC)c2ccccc2-c2ccc(C(=O)/C(=N/OC(C)=O)c3ccccc3)cc21.CCCC1(CCC)c2ccccc2-c2ccc(C(=O)/C(CCC(=O)OC)=N/OC(C)=O)cc21. The lowest BCUT2D eigenvalue weighted by Crippen LogP contribution is -2.28. The highest BCUT2D eigenvalue weighted by Gasteiger charge is 2.49. The average Bonchev–Trinajstić information content (AvgIpc) is 1.58. The number of rotatable bonds is 34. The third-order valence-corrected chi connectivity index (χ3v) is 26.1. The molecule has 18 nitrogen and oxygen atoms in total. The van der Waals surface area contributed by atoms with Gasteiger partial charge in [-0.1, -0.05) is 331 Å². The van der Waals surface area contributed by atoms with E-state index in [9.17, 15) is 69.5 Å². The zero-order valence-electron chi connectivity index (χ0n) is 80.2. The van der Waals surface area contributed by atoms with Gasteiger partial charge in [0.15, 0.2) is 17.1 Å². The minimum Gasteiger partial charge on any atom is -0.469 e. The second-order valence-corrected chi connectivity index (χ2v) is 35.4. The van der Waals surface area contributed by atoms with E-state index < -0.39 is 77.4 Å². The number of benzene rings is 11. The number of esters is 1. The number of nitrogens with zero attached hydrogens (tertiary/aromatic N) is 4. The van der Waals surface area contributed by atoms with Crippen LogP contribution >= 0.6 is 0 Å². The van der Waals surface area contributed by atoms with Crippen LogP contribution in [0.3, 0.4) is 0 Å². The summed E-state index contributed by atoms with van der Waals surface area (Å²) in [6, 6.07) is 78.9. The molecule has 0 aromatic heterocycles. The van der Waals surface area contributed by atoms with Crippen LogP contribution in [0.5, 0.6) is 0 Å². The molecule has 4 aliphatic rings. The maximum absolute atomic E-state index is 13.8. The van der Waals surface area contributed by atoms with Crippen LogP contribution in [0, 0.1) is 6.92 Å². The molecule has 2 atom stereocenters. The van der Waals surface area contributed by atoms with Gasteiger partial charge >= 0.3 is 42.2 Å². The Morgan fingerprint density at radius 1 is 0.281 bits per heavy atom. The Morgan fingerprint density at radius 3 is 0.835 bits per heavy atom. The number of methoxy groups -OCH3 is 1. The first-order chi connectivity index (χ1) is 66.6. The smallest absolute Gasteiger partial charge is 0.389 e. The molecule has 720 valence electrons. The molecular formula is C115H114F6N4O14. The molecule has 24 heteroatoms. The van der Waals surface area contributed by atoms with Gasteiger partial charge in [-0.15, -0.1) is 0 Å². The van der Waals surface area contributed by atoms with E-state index in [-0.39, 0.29) is 82.1 Å². The number of oxime groups is 4. The van der Waals surface area contributed by atoms with Crippen LogP contribution < -0.4 is 0 Å². The fourth-order valence-electron chi connectivity index (χ4n) is 20.6. The Labute approximate surface area is 806 Å². The van der Waals surface area contributed by atoms with Crippen LogP contribution in [0.25, 0.3) is 44.5 Å². The molecule has 0 N–H and O–H groups in total. The molecule has 0 bridgehead atoms. The van der Waals surface area contributed by atoms with Crippen molar-refractivity contribution < 1.29 is 93.6 Å². The van der Waals surface area contributed by atoms with Crippen LogP contribution in [-0.4, -0.2) is 95.3 Å². The summed E-state index contributed by atoms with van der Waals surface area (Å²) in [5, 5.41) is 15.4. The van der Waals surface area contributed by atoms with Crippen molar-refractivity contribution in [3.05, 3.63) is 344 Å². The van der Waals surface area contributed by atoms with Gasteiger partial charge in [-0.3, -0.25) is 24.0 Å². The van der Waals surface area contributed by atoms with Crippen molar-refractivity contribution in [1.29, 1.82) is 0 Å². The number of ketones is 4. The summed E-state index contributed by atoms with van der Waals surface area (Å²) < 4.78 is 85.3. The number of fused-ring (bicyclic) bond motifs is 12. The van der Waals surface area contributed by atoms with Crippen molar-refractivity contribution in [1.82, 2.24) is 0 Å². The molecule has 0 spiro atoms. The third-order valence-electron chi connectivity index (χ3n) is 26.1. The highest BCUT2D eigenvalue weighted by molar-refractivity contribution is 6.53. The summed E-state index contributed by atoms with van der Waals surface area (Å²) >= 11 is 0. The van der Waals surface area contributed by atoms with Gasteiger partial charge in [0.2, 0.25) is 23.1 Å². The highest BCUT2D eigenvalue weighted by atomic mass is 19.4. The maximum Gasteiger partial charge on any atom is 0.389 e. The molecule has 2 unspecified atom stereocenters. The topological polar surface area (TPSA) is 249 Å². The summed E-state index contributed by atoms with van der Waals surface area (Å²) in [5.41, 5.74) is 18.4. The minimum absolute atomic E-state index is 0.0163. The predicted octanol–water partition coefficient (Wildman–Crippen LogP) is 27.1. The number of halogens is 6. The van der Waals surface area contributed by atoms with Gasteiger partial charge in [0, 0.05) is 108 Å². The van der Waals surface area contributed by atoms with Gasteiger partial charge in [0.05, 0.1) is 13.5 Å². The number of carbonyl (C=O) groups is 9. The second kappa shape index (κ2) is 45.8. The summed E-state index contributed by atoms with van der Waals surface area (Å²) in [6.07, 6.45) is -0.181. The van der Waals surface area contributed by atoms with E-state index in [1.807, 2.05) is 130 Å². The van der Waals surface area contributed by atoms with E-state index in [0.717, 1.165) is 101 Å². The monoisotopic (exact) mass is 1890 g/mol. The molecule has 0 aliphatic heterocycles. The van der Waals surface area contributed by atoms with Crippen LogP contribution in [0.15, 0.2) is 275 Å². The van der Waals surface area contributed by atoms with Crippen LogP contribution in [0.1, 0.15) is 293 Å². The number of ether oxygens (including phenoxy) is 1. The molecule has 11 aromatic carbocycles. The molecule has 0 fully saturated rings. The van der Waals surface area contributed by atoms with Gasteiger partial charge in [0.1, 0.15) is 5.71 Å². The van der Waals surface area contributed by atoms with Crippen molar-refractivity contribution in [2.75, 3.05) is 7.11 Å². The molecule has 0 heterocycles. The van der Waals surface area contributed by atoms with Crippen molar-refractivity contribution in [2.45, 2.75) is 226 Å². The lowest BCUT2D eigenvalue weighted by molar-refractivity contribution is -0.142. The standard InChI is InChI=1S/C30H28F3NO3.C29H26F3NO3.C29H29NO3.C27H31NO5/c1-4-15-29(16-17-30(31,32)33)25-12-8-7-11-23(25)24-14-13-21(18-26(24)29)28(36)27(34-37-20(3)35)22-10-6-5-9-19(22)2;1-3-15-28(16-17-29(30,31)32)24-12-8-7-11-22(24)23-14-13-21(18-25(23)28)27(35)26(33-36-19(2)34)20-9-5-4-6-10-20;1-4-17-29(18-5-2)25-14-10-9-13-23(25)24-16-15-22(19-26(24)29)28(32)27(30-33-20(3)31)21-11-7-6-8-12-21;1-5-15-27(16-6-2)22-10-8-7-9-20(22)21-12-11-19(17-23(21)27)26(31)24(28-33-18(3)29)13-14-25(30)32-4/h5-14,18H,4,15-17H2,1-3H3;4-14,18H,3,15-17H2,1-2H3;6-16,19H,4-5,17-18H2,1-3H3;7-12,17H,5-6,13-16H2,1-4H3/b34-27+;33-26+;30-27+;28-24+. The number of hydrogen-bond donors (Lipinski definition) is 0. The number of aryl methyl sites for hydroxylation is 1. The summed E-state index contributed by atoms with van der Waals surface area (Å²) in [4.78, 5) is 131. The normalized spacial score (nSPS) is 15.4. The molecule has 0 radical (unpaired) electrons. The first-order valence-electron chi connectivity index (χ1n) is 47.2. The van der Waals surface area contributed by atoms with Crippen molar-refractivity contribution in [3.63, 3.8) is 0 Å². The van der Waals surface area contributed by atoms with Crippen molar-refractivity contribution in [2.24, 2.45) is 20.6 Å². The second-order valence-electron chi connectivity index (χ2n) is 35.4. The van der Waals surface area contributed by atoms with Crippen LogP contribution in [-0.2, 0) is 69.7 Å². The Balaban J connectivity index is 0.000000166. The summed E-state index contributed by atoms with van der Waals surface area (Å²) in [5.74, 6) is -4.58. The summed E-state index contributed by atoms with van der Waals surface area (Å²) in [7, 11) is 1.28. The van der Waals surface area contributed by atoms with E-state index in [1.54, 1.807) is 97.1 Å². The largest absolute Gasteiger partial charge is 0.469 e. The molecule has 139 heavy (non-hydrogen) atoms. The quantitative estimate of drug-likeness (QED) is 0.00909. The van der Waals surface area contributed by atoms with Gasteiger partial charge in [-0.25, -0.2) is 19.2 Å². The first-order valence-corrected chi connectivity index (χ1v) is 47.2. The van der Waals surface area contributed by atoms with E-state index in [0.29, 0.717) is 64.6 Å². The maximum atomic E-state index is 13.8. The Kier molecular flexibility index (Phi) is 34.1. The fourth-order valence-corrected chi connectivity index (χ4v) is 20.6. The molecule has 11 aromatic rings. The Morgan fingerprint density at radius 2 is 0.540 bits per heavy atom. The van der Waals surface area contributed by atoms with Crippen LogP contribution in [0.2, 0.25) is 0 Å². The lowest BCUT2D eigenvalue weighted by Gasteiger charge is -2.33. The molecule has 0 saturated carbocycles. The predicted molar refractivity (Wildman–Crippen MR) is 527 cm³/mol. The van der Waals surface area contributed by atoms with Gasteiger partial charge < -0.3 is 24.1 Å². The van der Waals surface area contributed by atoms with E-state index in [4.69, 9.17) is 19.4 Å².